The van der Waals surface area contributed by atoms with E-state index in [-0.39, 0.29) is 5.88 Å². The van der Waals surface area contributed by atoms with Gasteiger partial charge >= 0.3 is 12.1 Å². The monoisotopic (exact) mass is 488 g/mol. The van der Waals surface area contributed by atoms with Gasteiger partial charge in [0.05, 0.1) is 23.7 Å². The number of aromatic amines is 1. The van der Waals surface area contributed by atoms with Crippen LogP contribution in [0, 0.1) is 5.92 Å². The number of anilines is 1. The van der Waals surface area contributed by atoms with Crippen LogP contribution in [0.1, 0.15) is 24.8 Å². The van der Waals surface area contributed by atoms with Crippen LogP contribution in [0.25, 0.3) is 21.7 Å². The third-order valence-electron chi connectivity index (χ3n) is 6.76. The average Bonchev–Trinajstić information content (AvgIpc) is 3.23. The van der Waals surface area contributed by atoms with Gasteiger partial charge in [0.1, 0.15) is 5.75 Å². The van der Waals surface area contributed by atoms with Crippen LogP contribution in [0.2, 0.25) is 0 Å². The highest BCUT2D eigenvalue weighted by Crippen LogP contribution is 2.37. The Kier molecular flexibility index (Phi) is 6.66. The Bertz CT molecular complexity index is 1410. The van der Waals surface area contributed by atoms with Gasteiger partial charge in [-0.2, -0.15) is 0 Å². The van der Waals surface area contributed by atoms with E-state index < -0.39 is 18.0 Å². The van der Waals surface area contributed by atoms with Gasteiger partial charge in [-0.05, 0) is 43.2 Å². The minimum absolute atomic E-state index is 0.196. The van der Waals surface area contributed by atoms with Gasteiger partial charge in [0.25, 0.3) is 0 Å². The fourth-order valence-electron chi connectivity index (χ4n) is 5.07. The van der Waals surface area contributed by atoms with Crippen LogP contribution in [-0.4, -0.2) is 47.0 Å². The lowest BCUT2D eigenvalue weighted by molar-refractivity contribution is -0.141. The lowest BCUT2D eigenvalue weighted by Crippen LogP contribution is -2.38. The molecule has 1 aliphatic heterocycles. The van der Waals surface area contributed by atoms with Crippen LogP contribution in [0.15, 0.2) is 60.7 Å². The summed E-state index contributed by atoms with van der Waals surface area (Å²) in [7, 11) is 0. The second kappa shape index (κ2) is 10.2. The maximum atomic E-state index is 11.6. The first kappa shape index (κ1) is 23.5. The zero-order valence-corrected chi connectivity index (χ0v) is 19.8. The molecule has 0 bridgehead atoms. The summed E-state index contributed by atoms with van der Waals surface area (Å²) in [5.41, 5.74) is 2.37. The Morgan fingerprint density at radius 3 is 2.61 bits per heavy atom. The Morgan fingerprint density at radius 1 is 1.00 bits per heavy atom. The molecule has 8 heteroatoms. The number of benzene rings is 3. The van der Waals surface area contributed by atoms with E-state index in [9.17, 15) is 19.8 Å². The molecule has 1 saturated heterocycles. The number of nitrogens with zero attached hydrogens (tertiary/aromatic N) is 1. The molecule has 0 radical (unpaired) electrons. The van der Waals surface area contributed by atoms with E-state index in [0.717, 1.165) is 51.6 Å². The van der Waals surface area contributed by atoms with Crippen LogP contribution in [-0.2, 0) is 11.2 Å². The molecular formula is C28H28N2O6. The van der Waals surface area contributed by atoms with E-state index in [2.05, 4.69) is 9.88 Å². The summed E-state index contributed by atoms with van der Waals surface area (Å²) in [6.45, 7) is 1.61. The summed E-state index contributed by atoms with van der Waals surface area (Å²) >= 11 is 0. The molecule has 8 nitrogen and oxygen atoms in total. The summed E-state index contributed by atoms with van der Waals surface area (Å²) in [4.78, 5) is 28.2. The van der Waals surface area contributed by atoms with Gasteiger partial charge in [-0.3, -0.25) is 4.79 Å². The third-order valence-corrected chi connectivity index (χ3v) is 6.76. The van der Waals surface area contributed by atoms with Crippen molar-refractivity contribution in [3.05, 3.63) is 66.2 Å². The zero-order chi connectivity index (χ0) is 25.1. The van der Waals surface area contributed by atoms with Gasteiger partial charge in [-0.1, -0.05) is 48.5 Å². The predicted octanol–water partition coefficient (Wildman–Crippen LogP) is 5.69. The molecule has 1 unspecified atom stereocenters. The quantitative estimate of drug-likeness (QED) is 0.216. The van der Waals surface area contributed by atoms with Crippen molar-refractivity contribution in [2.75, 3.05) is 24.6 Å². The number of hydrogen-bond acceptors (Lipinski definition) is 5. The van der Waals surface area contributed by atoms with Gasteiger partial charge in [-0.25, -0.2) is 4.79 Å². The maximum Gasteiger partial charge on any atom is 0.512 e. The second-order valence-electron chi connectivity index (χ2n) is 9.05. The Labute approximate surface area is 208 Å². The van der Waals surface area contributed by atoms with Crippen molar-refractivity contribution in [1.29, 1.82) is 0 Å². The molecule has 0 amide bonds. The highest BCUT2D eigenvalue weighted by molar-refractivity contribution is 5.96. The van der Waals surface area contributed by atoms with E-state index in [0.29, 0.717) is 32.4 Å². The minimum Gasteiger partial charge on any atom is -0.493 e. The standard InChI is InChI=1S/C28H28N2O6/c31-27(32)19-9-5-15-30(17-19)23-13-4-11-21-22(26(29-25(21)23)36-28(33)34)12-6-16-35-24-14-3-8-18-7-1-2-10-20(18)24/h1-4,7-8,10-11,13-14,19,29H,5-6,9,12,15-17H2,(H,31,32)(H,33,34). The van der Waals surface area contributed by atoms with Crippen molar-refractivity contribution >= 4 is 39.5 Å². The molecule has 2 heterocycles. The van der Waals surface area contributed by atoms with E-state index >= 15 is 0 Å². The molecule has 36 heavy (non-hydrogen) atoms. The number of carbonyl (C=O) groups is 2. The molecule has 1 fully saturated rings. The number of carboxylic acids is 1. The number of H-pyrrole nitrogens is 1. The van der Waals surface area contributed by atoms with Gasteiger partial charge in [0.2, 0.25) is 5.88 Å². The number of aromatic nitrogens is 1. The molecule has 3 aromatic carbocycles. The highest BCUT2D eigenvalue weighted by atomic mass is 16.7. The Balaban J connectivity index is 1.37. The number of hydrogen-bond donors (Lipinski definition) is 3. The number of piperidine rings is 1. The molecule has 3 N–H and O–H groups in total. The van der Waals surface area contributed by atoms with Crippen LogP contribution < -0.4 is 14.4 Å². The highest BCUT2D eigenvalue weighted by Gasteiger charge is 2.27. The number of rotatable bonds is 8. The summed E-state index contributed by atoms with van der Waals surface area (Å²) in [5, 5.41) is 21.8. The first-order valence-corrected chi connectivity index (χ1v) is 12.1. The Morgan fingerprint density at radius 2 is 1.78 bits per heavy atom. The molecule has 1 aliphatic rings. The molecule has 1 atom stereocenters. The van der Waals surface area contributed by atoms with E-state index in [1.54, 1.807) is 0 Å². The fraction of sp³-hybridized carbons (Fsp3) is 0.286. The van der Waals surface area contributed by atoms with E-state index in [4.69, 9.17) is 9.47 Å². The molecule has 1 aromatic heterocycles. The number of ether oxygens (including phenoxy) is 2. The van der Waals surface area contributed by atoms with Crippen LogP contribution in [0.3, 0.4) is 0 Å². The molecule has 0 spiro atoms. The topological polar surface area (TPSA) is 112 Å². The predicted molar refractivity (Wildman–Crippen MR) is 137 cm³/mol. The third kappa shape index (κ3) is 4.79. The van der Waals surface area contributed by atoms with E-state index in [1.165, 1.54) is 0 Å². The summed E-state index contributed by atoms with van der Waals surface area (Å²) in [6, 6.07) is 19.8. The number of aryl methyl sites for hydroxylation is 1. The number of carboxylic acid groups (broad SMARTS) is 2. The van der Waals surface area contributed by atoms with Gasteiger partial charge < -0.3 is 29.6 Å². The molecule has 186 valence electrons. The molecule has 5 rings (SSSR count). The summed E-state index contributed by atoms with van der Waals surface area (Å²) in [5.74, 6) is -0.208. The summed E-state index contributed by atoms with van der Waals surface area (Å²) < 4.78 is 11.2. The van der Waals surface area contributed by atoms with E-state index in [1.807, 2.05) is 60.7 Å². The van der Waals surface area contributed by atoms with Crippen molar-refractivity contribution < 1.29 is 29.3 Å². The molecule has 4 aromatic rings. The molecule has 0 saturated carbocycles. The van der Waals surface area contributed by atoms with Gasteiger partial charge in [0, 0.05) is 29.4 Å². The number of para-hydroxylation sites is 1. The average molecular weight is 489 g/mol. The first-order chi connectivity index (χ1) is 17.5. The smallest absolute Gasteiger partial charge is 0.493 e. The SMILES string of the molecule is O=C(O)Oc1[nH]c2c(N3CCCC(C(=O)O)C3)cccc2c1CCCOc1cccc2ccccc12. The first-order valence-electron chi connectivity index (χ1n) is 12.1. The number of fused-ring (bicyclic) bond motifs is 2. The van der Waals surface area contributed by atoms with Crippen molar-refractivity contribution in [3.8, 4) is 11.6 Å². The minimum atomic E-state index is -1.39. The normalized spacial score (nSPS) is 15.8. The van der Waals surface area contributed by atoms with Crippen molar-refractivity contribution in [2.45, 2.75) is 25.7 Å². The van der Waals surface area contributed by atoms with Gasteiger partial charge in [0.15, 0.2) is 0 Å². The lowest BCUT2D eigenvalue weighted by atomic mass is 9.97. The summed E-state index contributed by atoms with van der Waals surface area (Å²) in [6.07, 6.45) is 1.25. The van der Waals surface area contributed by atoms with Gasteiger partial charge in [-0.15, -0.1) is 0 Å². The molecule has 0 aliphatic carbocycles. The fourth-order valence-corrected chi connectivity index (χ4v) is 5.07. The second-order valence-corrected chi connectivity index (χ2v) is 9.05. The Hall–Kier alpha value is -4.20. The van der Waals surface area contributed by atoms with Crippen LogP contribution in [0.4, 0.5) is 10.5 Å². The molecular weight excluding hydrogens is 460 g/mol. The number of nitrogens with one attached hydrogen (secondary N) is 1. The van der Waals surface area contributed by atoms with Crippen LogP contribution >= 0.6 is 0 Å². The van der Waals surface area contributed by atoms with Crippen LogP contribution in [0.5, 0.6) is 11.6 Å². The zero-order valence-electron chi connectivity index (χ0n) is 19.8. The largest absolute Gasteiger partial charge is 0.512 e. The maximum absolute atomic E-state index is 11.6. The number of aliphatic carboxylic acids is 1. The van der Waals surface area contributed by atoms with Crippen molar-refractivity contribution in [2.24, 2.45) is 5.92 Å². The van der Waals surface area contributed by atoms with Crippen molar-refractivity contribution in [3.63, 3.8) is 0 Å². The van der Waals surface area contributed by atoms with Crippen molar-refractivity contribution in [1.82, 2.24) is 4.98 Å². The lowest BCUT2D eigenvalue weighted by Gasteiger charge is -2.32.